The number of amides is 1. The minimum atomic E-state index is -0.132. The highest BCUT2D eigenvalue weighted by Gasteiger charge is 2.31. The lowest BCUT2D eigenvalue weighted by atomic mass is 10.0. The molecular weight excluding hydrogens is 296 g/mol. The van der Waals surface area contributed by atoms with Crippen LogP contribution < -0.4 is 10.2 Å². The number of hydrogen-bond acceptors (Lipinski definition) is 4. The molecule has 0 aliphatic carbocycles. The van der Waals surface area contributed by atoms with E-state index in [0.29, 0.717) is 0 Å². The summed E-state index contributed by atoms with van der Waals surface area (Å²) in [4.78, 5) is 15.9. The lowest BCUT2D eigenvalue weighted by Gasteiger charge is -2.32. The Morgan fingerprint density at radius 3 is 2.91 bits per heavy atom. The van der Waals surface area contributed by atoms with Crippen LogP contribution in [0.5, 0.6) is 0 Å². The summed E-state index contributed by atoms with van der Waals surface area (Å²) in [6.45, 7) is 5.00. The highest BCUT2D eigenvalue weighted by atomic mass is 32.1. The van der Waals surface area contributed by atoms with E-state index in [2.05, 4.69) is 35.7 Å². The van der Waals surface area contributed by atoms with Gasteiger partial charge in [-0.25, -0.2) is 0 Å². The fraction of sp³-hybridized carbons (Fsp3) is 0.500. The average molecular weight is 318 g/mol. The number of nitrogens with zero attached hydrogens (tertiary/aromatic N) is 3. The van der Waals surface area contributed by atoms with Gasteiger partial charge in [0, 0.05) is 36.8 Å². The van der Waals surface area contributed by atoms with E-state index in [0.717, 1.165) is 25.2 Å². The maximum Gasteiger partial charge on any atom is 0.245 e. The van der Waals surface area contributed by atoms with E-state index in [-0.39, 0.29) is 18.0 Å². The van der Waals surface area contributed by atoms with Crippen molar-refractivity contribution in [3.63, 3.8) is 0 Å². The van der Waals surface area contributed by atoms with E-state index in [1.165, 1.54) is 10.4 Å². The zero-order valence-corrected chi connectivity index (χ0v) is 14.1. The summed E-state index contributed by atoms with van der Waals surface area (Å²) in [5.74, 6) is 0.880. The number of anilines is 1. The van der Waals surface area contributed by atoms with Crippen molar-refractivity contribution in [3.05, 3.63) is 34.2 Å². The monoisotopic (exact) mass is 318 g/mol. The number of aromatic nitrogens is 2. The number of nitrogens with one attached hydrogen (secondary N) is 1. The molecule has 22 heavy (non-hydrogen) atoms. The van der Waals surface area contributed by atoms with Gasteiger partial charge < -0.3 is 0 Å². The van der Waals surface area contributed by atoms with E-state index >= 15 is 0 Å². The first kappa shape index (κ1) is 15.2. The molecule has 118 valence electrons. The van der Waals surface area contributed by atoms with E-state index in [4.69, 9.17) is 0 Å². The maximum absolute atomic E-state index is 12.7. The van der Waals surface area contributed by atoms with Crippen LogP contribution in [0.25, 0.3) is 0 Å². The zero-order valence-electron chi connectivity index (χ0n) is 13.2. The van der Waals surface area contributed by atoms with Crippen LogP contribution in [0.2, 0.25) is 0 Å². The number of hydrogen-bond donors (Lipinski definition) is 1. The molecule has 0 aromatic carbocycles. The molecule has 0 unspecified atom stereocenters. The lowest BCUT2D eigenvalue weighted by Crippen LogP contribution is -2.51. The molecule has 2 atom stereocenters. The number of carbonyl (C=O) groups is 1. The number of carbonyl (C=O) groups excluding carboxylic acids is 1. The minimum Gasteiger partial charge on any atom is -0.298 e. The van der Waals surface area contributed by atoms with Crippen LogP contribution in [0.15, 0.2) is 23.7 Å². The smallest absolute Gasteiger partial charge is 0.245 e. The molecule has 2 aromatic heterocycles. The average Bonchev–Trinajstić information content (AvgIpc) is 3.10. The minimum absolute atomic E-state index is 0.131. The molecule has 3 heterocycles. The van der Waals surface area contributed by atoms with Crippen molar-refractivity contribution in [2.45, 2.75) is 38.8 Å². The molecular formula is C16H22N4OS. The molecule has 5 nitrogen and oxygen atoms in total. The molecule has 0 saturated carbocycles. The fourth-order valence-corrected chi connectivity index (χ4v) is 3.95. The Morgan fingerprint density at radius 2 is 2.27 bits per heavy atom. The van der Waals surface area contributed by atoms with Gasteiger partial charge in [0.05, 0.1) is 6.04 Å². The van der Waals surface area contributed by atoms with Crippen LogP contribution in [-0.2, 0) is 11.8 Å². The van der Waals surface area contributed by atoms with Crippen LogP contribution in [0, 0.1) is 6.92 Å². The van der Waals surface area contributed by atoms with E-state index < -0.39 is 0 Å². The van der Waals surface area contributed by atoms with Crippen LogP contribution >= 0.6 is 11.3 Å². The summed E-state index contributed by atoms with van der Waals surface area (Å²) in [5.41, 5.74) is 1.29. The largest absolute Gasteiger partial charge is 0.298 e. The van der Waals surface area contributed by atoms with Crippen molar-refractivity contribution in [3.8, 4) is 0 Å². The van der Waals surface area contributed by atoms with Gasteiger partial charge in [0.2, 0.25) is 5.91 Å². The topological polar surface area (TPSA) is 50.2 Å². The van der Waals surface area contributed by atoms with Crippen LogP contribution in [-0.4, -0.2) is 28.3 Å². The molecule has 1 aliphatic rings. The highest BCUT2D eigenvalue weighted by Crippen LogP contribution is 2.26. The maximum atomic E-state index is 12.7. The lowest BCUT2D eigenvalue weighted by molar-refractivity contribution is -0.122. The summed E-state index contributed by atoms with van der Waals surface area (Å²) in [6.07, 6.45) is 3.75. The van der Waals surface area contributed by atoms with Gasteiger partial charge >= 0.3 is 0 Å². The first-order valence-electron chi connectivity index (χ1n) is 7.67. The highest BCUT2D eigenvalue weighted by molar-refractivity contribution is 7.10. The second-order valence-electron chi connectivity index (χ2n) is 5.89. The number of aryl methyl sites for hydroxylation is 2. The molecule has 0 spiro atoms. The summed E-state index contributed by atoms with van der Waals surface area (Å²) < 4.78 is 1.73. The molecule has 0 bridgehead atoms. The van der Waals surface area contributed by atoms with Gasteiger partial charge in [0.25, 0.3) is 0 Å². The van der Waals surface area contributed by atoms with E-state index in [1.807, 2.05) is 19.3 Å². The fourth-order valence-electron chi connectivity index (χ4n) is 3.01. The number of thiophene rings is 1. The first-order valence-corrected chi connectivity index (χ1v) is 8.55. The van der Waals surface area contributed by atoms with Crippen LogP contribution in [0.1, 0.15) is 36.2 Å². The van der Waals surface area contributed by atoms with Gasteiger partial charge in [-0.15, -0.1) is 11.3 Å². The van der Waals surface area contributed by atoms with Gasteiger partial charge in [-0.2, -0.15) is 5.10 Å². The summed E-state index contributed by atoms with van der Waals surface area (Å²) in [5, 5.41) is 9.96. The SMILES string of the molecule is Cc1ccsc1[C@H](C)N[C@H]1CCCN(c2ccn(C)n2)C1=O. The Kier molecular flexibility index (Phi) is 4.31. The van der Waals surface area contributed by atoms with E-state index in [9.17, 15) is 4.79 Å². The summed E-state index contributed by atoms with van der Waals surface area (Å²) >= 11 is 1.74. The second-order valence-corrected chi connectivity index (χ2v) is 6.84. The van der Waals surface area contributed by atoms with Crippen molar-refractivity contribution < 1.29 is 4.79 Å². The Balaban J connectivity index is 1.71. The van der Waals surface area contributed by atoms with E-state index in [1.54, 1.807) is 20.9 Å². The predicted octanol–water partition coefficient (Wildman–Crippen LogP) is 2.64. The third kappa shape index (κ3) is 2.94. The number of piperidine rings is 1. The van der Waals surface area contributed by atoms with Crippen molar-refractivity contribution in [1.82, 2.24) is 15.1 Å². The quantitative estimate of drug-likeness (QED) is 0.943. The van der Waals surface area contributed by atoms with Gasteiger partial charge in [0.1, 0.15) is 0 Å². The Bertz CT molecular complexity index is 663. The zero-order chi connectivity index (χ0) is 15.7. The van der Waals surface area contributed by atoms with Gasteiger partial charge in [0.15, 0.2) is 5.82 Å². The third-order valence-corrected chi connectivity index (χ3v) is 5.36. The van der Waals surface area contributed by atoms with Crippen LogP contribution in [0.3, 0.4) is 0 Å². The molecule has 0 radical (unpaired) electrons. The predicted molar refractivity (Wildman–Crippen MR) is 89.2 cm³/mol. The Hall–Kier alpha value is -1.66. The van der Waals surface area contributed by atoms with Crippen molar-refractivity contribution >= 4 is 23.1 Å². The number of rotatable bonds is 4. The van der Waals surface area contributed by atoms with Gasteiger partial charge in [-0.1, -0.05) is 0 Å². The summed E-state index contributed by atoms with van der Waals surface area (Å²) in [7, 11) is 1.87. The standard InChI is InChI=1S/C16H22N4OS/c1-11-7-10-22-15(11)12(2)17-13-5-4-8-20(16(13)21)14-6-9-19(3)18-14/h6-7,9-10,12-13,17H,4-5,8H2,1-3H3/t12-,13-/m0/s1. The normalized spacial score (nSPS) is 20.4. The molecule has 1 amide bonds. The van der Waals surface area contributed by atoms with Crippen molar-refractivity contribution in [2.24, 2.45) is 7.05 Å². The molecule has 3 rings (SSSR count). The second kappa shape index (κ2) is 6.22. The first-order chi connectivity index (χ1) is 10.6. The third-order valence-electron chi connectivity index (χ3n) is 4.16. The Morgan fingerprint density at radius 1 is 1.45 bits per heavy atom. The molecule has 1 saturated heterocycles. The van der Waals surface area contributed by atoms with Crippen LogP contribution in [0.4, 0.5) is 5.82 Å². The van der Waals surface area contributed by atoms with Gasteiger partial charge in [-0.05, 0) is 43.7 Å². The van der Waals surface area contributed by atoms with Crippen molar-refractivity contribution in [1.29, 1.82) is 0 Å². The molecule has 2 aromatic rings. The molecule has 1 aliphatic heterocycles. The van der Waals surface area contributed by atoms with Crippen molar-refractivity contribution in [2.75, 3.05) is 11.4 Å². The Labute approximate surface area is 134 Å². The van der Waals surface area contributed by atoms with Gasteiger partial charge in [-0.3, -0.25) is 19.7 Å². The molecule has 1 N–H and O–H groups in total. The summed E-state index contributed by atoms with van der Waals surface area (Å²) in [6, 6.07) is 4.08. The molecule has 6 heteroatoms. The molecule has 1 fully saturated rings.